The van der Waals surface area contributed by atoms with E-state index in [1.807, 2.05) is 0 Å². The Kier molecular flexibility index (Phi) is 11.8. The van der Waals surface area contributed by atoms with Crippen LogP contribution in [0, 0.1) is 6.92 Å². The van der Waals surface area contributed by atoms with E-state index < -0.39 is 0 Å². The van der Waals surface area contributed by atoms with E-state index in [2.05, 4.69) is 316 Å². The van der Waals surface area contributed by atoms with Gasteiger partial charge in [0, 0.05) is 39.5 Å². The third kappa shape index (κ3) is 8.44. The summed E-state index contributed by atoms with van der Waals surface area (Å²) in [5, 5.41) is 2.49. The van der Waals surface area contributed by atoms with E-state index in [0.29, 0.717) is 0 Å². The van der Waals surface area contributed by atoms with Crippen molar-refractivity contribution < 1.29 is 0 Å². The highest BCUT2D eigenvalue weighted by atomic mass is 15.1. The van der Waals surface area contributed by atoms with Gasteiger partial charge in [0.05, 0.1) is 0 Å². The van der Waals surface area contributed by atoms with Gasteiger partial charge in [0.2, 0.25) is 0 Å². The summed E-state index contributed by atoms with van der Waals surface area (Å²) >= 11 is 0. The van der Waals surface area contributed by atoms with Crippen LogP contribution in [0.2, 0.25) is 0 Å². The third-order valence-electron chi connectivity index (χ3n) is 15.6. The second-order valence-corrected chi connectivity index (χ2v) is 20.6. The van der Waals surface area contributed by atoms with Gasteiger partial charge in [-0.1, -0.05) is 208 Å². The molecule has 1 aliphatic carbocycles. The quantitative estimate of drug-likeness (QED) is 0.127. The van der Waals surface area contributed by atoms with Gasteiger partial charge >= 0.3 is 0 Å². The summed E-state index contributed by atoms with van der Waals surface area (Å²) in [7, 11) is 0. The molecule has 1 aliphatic rings. The maximum absolute atomic E-state index is 2.44. The molecule has 12 aromatic carbocycles. The summed E-state index contributed by atoms with van der Waals surface area (Å²) in [5.74, 6) is 0. The van der Waals surface area contributed by atoms with Crippen molar-refractivity contribution in [3.05, 3.63) is 302 Å². The van der Waals surface area contributed by atoms with Gasteiger partial charge in [0.15, 0.2) is 0 Å². The molecule has 76 heavy (non-hydrogen) atoms. The first-order valence-electron chi connectivity index (χ1n) is 26.4. The number of benzene rings is 12. The van der Waals surface area contributed by atoms with Crippen molar-refractivity contribution in [1.82, 2.24) is 0 Å². The molecule has 12 aromatic rings. The molecule has 0 unspecified atom stereocenters. The molecule has 0 aromatic heterocycles. The van der Waals surface area contributed by atoms with E-state index >= 15 is 0 Å². The van der Waals surface area contributed by atoms with Crippen molar-refractivity contribution in [2.75, 3.05) is 9.80 Å². The van der Waals surface area contributed by atoms with E-state index in [4.69, 9.17) is 0 Å². The van der Waals surface area contributed by atoms with Crippen molar-refractivity contribution >= 4 is 44.9 Å². The monoisotopic (exact) mass is 972 g/mol. The standard InChI is InChI=1S/C74H56N2/c1-51-19-18-30-71-73(51)66-46-45-65(48-72(66)74(71,2)3)76(63-39-33-53(34-40-63)59-32-31-52-20-16-17-25-58(52)47-59)64-43-37-57(38-44-64)70-50-67(54-21-8-4-9-22-54)69(49-68(70)55-23-10-5-11-24-55)56-35-41-62(42-36-56)75(60-26-12-6-13-27-60)61-28-14-7-15-29-61/h4-50H,1-3H3. The minimum atomic E-state index is -0.147. The number of nitrogens with zero attached hydrogens (tertiary/aromatic N) is 2. The van der Waals surface area contributed by atoms with Gasteiger partial charge in [0.25, 0.3) is 0 Å². The fraction of sp³-hybridized carbons (Fsp3) is 0.0541. The summed E-state index contributed by atoms with van der Waals surface area (Å²) in [6.45, 7) is 6.99. The zero-order chi connectivity index (χ0) is 51.2. The summed E-state index contributed by atoms with van der Waals surface area (Å²) in [6.07, 6.45) is 0. The normalized spacial score (nSPS) is 12.2. The lowest BCUT2D eigenvalue weighted by atomic mass is 9.82. The van der Waals surface area contributed by atoms with Crippen molar-refractivity contribution in [1.29, 1.82) is 0 Å². The van der Waals surface area contributed by atoms with Crippen LogP contribution in [0.15, 0.2) is 285 Å². The predicted octanol–water partition coefficient (Wildman–Crippen LogP) is 20.7. The Labute approximate surface area is 447 Å². The fourth-order valence-corrected chi connectivity index (χ4v) is 11.7. The Balaban J connectivity index is 0.928. The highest BCUT2D eigenvalue weighted by molar-refractivity contribution is 5.97. The molecule has 0 bridgehead atoms. The minimum absolute atomic E-state index is 0.147. The van der Waals surface area contributed by atoms with Crippen LogP contribution >= 0.6 is 0 Å². The van der Waals surface area contributed by atoms with Crippen LogP contribution in [-0.4, -0.2) is 0 Å². The van der Waals surface area contributed by atoms with Crippen LogP contribution in [0.5, 0.6) is 0 Å². The molecule has 0 spiro atoms. The average molecular weight is 973 g/mol. The third-order valence-corrected chi connectivity index (χ3v) is 15.6. The molecule has 13 rings (SSSR count). The van der Waals surface area contributed by atoms with E-state index in [0.717, 1.165) is 45.3 Å². The number of hydrogen-bond acceptors (Lipinski definition) is 2. The van der Waals surface area contributed by atoms with Crippen LogP contribution in [0.25, 0.3) is 77.5 Å². The number of rotatable bonds is 11. The Morgan fingerprint density at radius 1 is 0.250 bits per heavy atom. The van der Waals surface area contributed by atoms with Crippen molar-refractivity contribution in [3.8, 4) is 66.8 Å². The van der Waals surface area contributed by atoms with Gasteiger partial charge in [-0.15, -0.1) is 0 Å². The van der Waals surface area contributed by atoms with E-state index in [-0.39, 0.29) is 5.41 Å². The Morgan fingerprint density at radius 2 is 0.645 bits per heavy atom. The van der Waals surface area contributed by atoms with Crippen molar-refractivity contribution in [3.63, 3.8) is 0 Å². The molecule has 0 radical (unpaired) electrons. The fourth-order valence-electron chi connectivity index (χ4n) is 11.7. The van der Waals surface area contributed by atoms with Crippen LogP contribution in [0.3, 0.4) is 0 Å². The maximum atomic E-state index is 2.44. The summed E-state index contributed by atoms with van der Waals surface area (Å²) in [4.78, 5) is 4.74. The molecule has 0 heterocycles. The molecular formula is C74H56N2. The number of fused-ring (bicyclic) bond motifs is 4. The van der Waals surface area contributed by atoms with Gasteiger partial charge in [0.1, 0.15) is 0 Å². The van der Waals surface area contributed by atoms with Gasteiger partial charge in [-0.2, -0.15) is 0 Å². The molecule has 0 N–H and O–H groups in total. The lowest BCUT2D eigenvalue weighted by molar-refractivity contribution is 0.660. The average Bonchev–Trinajstić information content (AvgIpc) is 3.81. The van der Waals surface area contributed by atoms with Crippen LogP contribution in [0.4, 0.5) is 34.1 Å². The Bertz CT molecular complexity index is 3990. The topological polar surface area (TPSA) is 6.48 Å². The predicted molar refractivity (Wildman–Crippen MR) is 323 cm³/mol. The largest absolute Gasteiger partial charge is 0.311 e. The highest BCUT2D eigenvalue weighted by Gasteiger charge is 2.37. The zero-order valence-electron chi connectivity index (χ0n) is 43.0. The first-order valence-corrected chi connectivity index (χ1v) is 26.4. The Morgan fingerprint density at radius 3 is 1.16 bits per heavy atom. The molecular weight excluding hydrogens is 917 g/mol. The zero-order valence-corrected chi connectivity index (χ0v) is 43.0. The summed E-state index contributed by atoms with van der Waals surface area (Å²) in [6, 6.07) is 104. The molecule has 362 valence electrons. The minimum Gasteiger partial charge on any atom is -0.311 e. The lowest BCUT2D eigenvalue weighted by Crippen LogP contribution is -2.16. The molecule has 0 fully saturated rings. The summed E-state index contributed by atoms with van der Waals surface area (Å²) in [5.41, 5.74) is 25.0. The van der Waals surface area contributed by atoms with Gasteiger partial charge in [-0.05, 0) is 192 Å². The van der Waals surface area contributed by atoms with Gasteiger partial charge < -0.3 is 9.80 Å². The first kappa shape index (κ1) is 46.3. The number of anilines is 6. The molecule has 0 aliphatic heterocycles. The second-order valence-electron chi connectivity index (χ2n) is 20.6. The highest BCUT2D eigenvalue weighted by Crippen LogP contribution is 2.52. The molecule has 0 saturated heterocycles. The smallest absolute Gasteiger partial charge is 0.0465 e. The van der Waals surface area contributed by atoms with Crippen LogP contribution in [-0.2, 0) is 5.41 Å². The van der Waals surface area contributed by atoms with Crippen LogP contribution in [0.1, 0.15) is 30.5 Å². The van der Waals surface area contributed by atoms with E-state index in [1.54, 1.807) is 0 Å². The number of aryl methyl sites for hydroxylation is 1. The number of para-hydroxylation sites is 2. The molecule has 0 saturated carbocycles. The van der Waals surface area contributed by atoms with Crippen LogP contribution < -0.4 is 9.80 Å². The lowest BCUT2D eigenvalue weighted by Gasteiger charge is -2.28. The van der Waals surface area contributed by atoms with Crippen molar-refractivity contribution in [2.45, 2.75) is 26.2 Å². The van der Waals surface area contributed by atoms with Gasteiger partial charge in [-0.25, -0.2) is 0 Å². The Hall–Kier alpha value is -9.50. The van der Waals surface area contributed by atoms with E-state index in [1.165, 1.54) is 83.1 Å². The first-order chi connectivity index (χ1) is 37.4. The maximum Gasteiger partial charge on any atom is 0.0465 e. The molecule has 2 heteroatoms. The van der Waals surface area contributed by atoms with E-state index in [9.17, 15) is 0 Å². The molecule has 0 amide bonds. The molecule has 2 nitrogen and oxygen atoms in total. The summed E-state index contributed by atoms with van der Waals surface area (Å²) < 4.78 is 0. The SMILES string of the molecule is Cc1cccc2c1-c1ccc(N(c3ccc(-c4ccc5ccccc5c4)cc3)c3ccc(-c4cc(-c5ccccc5)c(-c5ccc(N(c6ccccc6)c6ccccc6)cc5)cc4-c4ccccc4)cc3)cc1C2(C)C. The van der Waals surface area contributed by atoms with Crippen molar-refractivity contribution in [2.24, 2.45) is 0 Å². The second kappa shape index (κ2) is 19.4. The molecule has 0 atom stereocenters. The number of hydrogen-bond donors (Lipinski definition) is 0. The van der Waals surface area contributed by atoms with Gasteiger partial charge in [-0.3, -0.25) is 0 Å².